The van der Waals surface area contributed by atoms with Crippen molar-refractivity contribution in [2.75, 3.05) is 24.7 Å². The van der Waals surface area contributed by atoms with Gasteiger partial charge in [-0.05, 0) is 5.56 Å². The van der Waals surface area contributed by atoms with Crippen LogP contribution >= 0.6 is 11.8 Å². The van der Waals surface area contributed by atoms with Gasteiger partial charge in [-0.3, -0.25) is 4.99 Å². The molecule has 0 amide bonds. The summed E-state index contributed by atoms with van der Waals surface area (Å²) in [7, 11) is 0. The maximum atomic E-state index is 8.54. The second-order valence-electron chi connectivity index (χ2n) is 2.78. The molecule has 3 heteroatoms. The zero-order chi connectivity index (χ0) is 10.1. The molecule has 0 aliphatic rings. The molecule has 0 atom stereocenters. The van der Waals surface area contributed by atoms with Crippen molar-refractivity contribution in [3.63, 3.8) is 0 Å². The minimum Gasteiger partial charge on any atom is -0.396 e. The molecule has 0 spiro atoms. The SMILES string of the molecule is OCCSCCN=Cc1ccccc1. The van der Waals surface area contributed by atoms with Crippen molar-refractivity contribution < 1.29 is 5.11 Å². The van der Waals surface area contributed by atoms with E-state index in [4.69, 9.17) is 5.11 Å². The molecule has 0 saturated heterocycles. The van der Waals surface area contributed by atoms with E-state index in [0.29, 0.717) is 0 Å². The third-order valence-electron chi connectivity index (χ3n) is 1.64. The van der Waals surface area contributed by atoms with Gasteiger partial charge in [0.1, 0.15) is 0 Å². The number of thioether (sulfide) groups is 1. The zero-order valence-electron chi connectivity index (χ0n) is 8.10. The molecule has 0 aliphatic carbocycles. The van der Waals surface area contributed by atoms with Crippen LogP contribution in [0.5, 0.6) is 0 Å². The molecule has 0 fully saturated rings. The quantitative estimate of drug-likeness (QED) is 0.572. The molecule has 76 valence electrons. The predicted octanol–water partition coefficient (Wildman–Crippen LogP) is 1.83. The van der Waals surface area contributed by atoms with Crippen LogP contribution in [-0.4, -0.2) is 36.0 Å². The molecule has 1 rings (SSSR count). The molecule has 0 heterocycles. The first kappa shape index (κ1) is 11.3. The van der Waals surface area contributed by atoms with E-state index < -0.39 is 0 Å². The molecular weight excluding hydrogens is 194 g/mol. The zero-order valence-corrected chi connectivity index (χ0v) is 8.91. The van der Waals surface area contributed by atoms with Gasteiger partial charge in [0.05, 0.1) is 6.61 Å². The summed E-state index contributed by atoms with van der Waals surface area (Å²) in [5, 5.41) is 8.54. The predicted molar refractivity (Wildman–Crippen MR) is 63.3 cm³/mol. The van der Waals surface area contributed by atoms with E-state index in [1.807, 2.05) is 36.5 Å². The molecule has 2 nitrogen and oxygen atoms in total. The summed E-state index contributed by atoms with van der Waals surface area (Å²) in [6, 6.07) is 10.1. The number of rotatable bonds is 6. The second kappa shape index (κ2) is 7.59. The molecule has 0 radical (unpaired) electrons. The first-order chi connectivity index (χ1) is 6.93. The summed E-state index contributed by atoms with van der Waals surface area (Å²) >= 11 is 1.72. The first-order valence-corrected chi connectivity index (χ1v) is 5.82. The highest BCUT2D eigenvalue weighted by atomic mass is 32.2. The van der Waals surface area contributed by atoms with Crippen LogP contribution in [0.15, 0.2) is 35.3 Å². The Morgan fingerprint density at radius 1 is 1.21 bits per heavy atom. The Kier molecular flexibility index (Phi) is 6.11. The highest BCUT2D eigenvalue weighted by Crippen LogP contribution is 1.98. The van der Waals surface area contributed by atoms with E-state index in [1.165, 1.54) is 0 Å². The summed E-state index contributed by atoms with van der Waals surface area (Å²) in [6.45, 7) is 1.08. The van der Waals surface area contributed by atoms with Crippen LogP contribution in [0.4, 0.5) is 0 Å². The van der Waals surface area contributed by atoms with Gasteiger partial charge in [-0.15, -0.1) is 0 Å². The number of hydrogen-bond acceptors (Lipinski definition) is 3. The first-order valence-electron chi connectivity index (χ1n) is 4.67. The number of aliphatic hydroxyl groups is 1. The molecule has 1 aromatic carbocycles. The second-order valence-corrected chi connectivity index (χ2v) is 4.01. The normalized spacial score (nSPS) is 10.9. The molecule has 0 aromatic heterocycles. The number of aliphatic imine (C=N–C) groups is 1. The largest absolute Gasteiger partial charge is 0.396 e. The van der Waals surface area contributed by atoms with Crippen LogP contribution in [-0.2, 0) is 0 Å². The van der Waals surface area contributed by atoms with E-state index in [2.05, 4.69) is 4.99 Å². The molecule has 0 aliphatic heterocycles. The van der Waals surface area contributed by atoms with Crippen molar-refractivity contribution in [3.8, 4) is 0 Å². The van der Waals surface area contributed by atoms with Crippen molar-refractivity contribution in [2.45, 2.75) is 0 Å². The fourth-order valence-electron chi connectivity index (χ4n) is 0.993. The van der Waals surface area contributed by atoms with Gasteiger partial charge >= 0.3 is 0 Å². The van der Waals surface area contributed by atoms with Crippen LogP contribution < -0.4 is 0 Å². The van der Waals surface area contributed by atoms with Gasteiger partial charge in [-0.25, -0.2) is 0 Å². The van der Waals surface area contributed by atoms with Crippen LogP contribution in [0.2, 0.25) is 0 Å². The maximum absolute atomic E-state index is 8.54. The van der Waals surface area contributed by atoms with Gasteiger partial charge in [0.2, 0.25) is 0 Å². The van der Waals surface area contributed by atoms with Crippen LogP contribution in [0, 0.1) is 0 Å². The van der Waals surface area contributed by atoms with E-state index in [1.54, 1.807) is 11.8 Å². The average Bonchev–Trinajstić information content (AvgIpc) is 2.25. The van der Waals surface area contributed by atoms with Crippen LogP contribution in [0.3, 0.4) is 0 Å². The Bertz CT molecular complexity index is 261. The van der Waals surface area contributed by atoms with Crippen molar-refractivity contribution >= 4 is 18.0 Å². The summed E-state index contributed by atoms with van der Waals surface area (Å²) in [4.78, 5) is 4.29. The minimum atomic E-state index is 0.257. The lowest BCUT2D eigenvalue weighted by Crippen LogP contribution is -1.92. The average molecular weight is 209 g/mol. The third kappa shape index (κ3) is 5.04. The molecule has 0 unspecified atom stereocenters. The standard InChI is InChI=1S/C11H15NOS/c13-7-9-14-8-6-12-10-11-4-2-1-3-5-11/h1-5,10,13H,6-9H2. The van der Waals surface area contributed by atoms with Gasteiger partial charge < -0.3 is 5.11 Å². The maximum Gasteiger partial charge on any atom is 0.0521 e. The Labute approximate surface area is 89.1 Å². The Hall–Kier alpha value is -0.800. The fraction of sp³-hybridized carbons (Fsp3) is 0.364. The smallest absolute Gasteiger partial charge is 0.0521 e. The lowest BCUT2D eigenvalue weighted by Gasteiger charge is -1.94. The van der Waals surface area contributed by atoms with Gasteiger partial charge in [0.25, 0.3) is 0 Å². The number of benzene rings is 1. The summed E-state index contributed by atoms with van der Waals surface area (Å²) in [6.07, 6.45) is 1.89. The number of aliphatic hydroxyl groups excluding tert-OH is 1. The van der Waals surface area contributed by atoms with E-state index >= 15 is 0 Å². The number of hydrogen-bond donors (Lipinski definition) is 1. The fourth-order valence-corrected chi connectivity index (χ4v) is 1.56. The Balaban J connectivity index is 2.15. The molecule has 14 heavy (non-hydrogen) atoms. The van der Waals surface area contributed by atoms with E-state index in [9.17, 15) is 0 Å². The molecule has 1 aromatic rings. The molecule has 0 bridgehead atoms. The van der Waals surface area contributed by atoms with Gasteiger partial charge in [-0.1, -0.05) is 30.3 Å². The van der Waals surface area contributed by atoms with Crippen LogP contribution in [0.1, 0.15) is 5.56 Å². The Morgan fingerprint density at radius 2 is 2.00 bits per heavy atom. The highest BCUT2D eigenvalue weighted by molar-refractivity contribution is 7.99. The summed E-state index contributed by atoms with van der Waals surface area (Å²) in [5.41, 5.74) is 1.14. The third-order valence-corrected chi connectivity index (χ3v) is 2.58. The van der Waals surface area contributed by atoms with Crippen LogP contribution in [0.25, 0.3) is 0 Å². The van der Waals surface area contributed by atoms with E-state index in [0.717, 1.165) is 23.6 Å². The van der Waals surface area contributed by atoms with Crippen molar-refractivity contribution in [1.29, 1.82) is 0 Å². The topological polar surface area (TPSA) is 32.6 Å². The molecular formula is C11H15NOS. The lowest BCUT2D eigenvalue weighted by atomic mass is 10.2. The van der Waals surface area contributed by atoms with Crippen molar-refractivity contribution in [1.82, 2.24) is 0 Å². The summed E-state index contributed by atoms with van der Waals surface area (Å²) < 4.78 is 0. The number of nitrogens with zero attached hydrogens (tertiary/aromatic N) is 1. The van der Waals surface area contributed by atoms with E-state index in [-0.39, 0.29) is 6.61 Å². The monoisotopic (exact) mass is 209 g/mol. The van der Waals surface area contributed by atoms with Crippen molar-refractivity contribution in [3.05, 3.63) is 35.9 Å². The molecule has 1 N–H and O–H groups in total. The minimum absolute atomic E-state index is 0.257. The Morgan fingerprint density at radius 3 is 2.71 bits per heavy atom. The van der Waals surface area contributed by atoms with Gasteiger partial charge in [0.15, 0.2) is 0 Å². The van der Waals surface area contributed by atoms with Crippen molar-refractivity contribution in [2.24, 2.45) is 4.99 Å². The lowest BCUT2D eigenvalue weighted by molar-refractivity contribution is 0.322. The van der Waals surface area contributed by atoms with Gasteiger partial charge in [0, 0.05) is 24.3 Å². The molecule has 0 saturated carbocycles. The van der Waals surface area contributed by atoms with Gasteiger partial charge in [-0.2, -0.15) is 11.8 Å². The highest BCUT2D eigenvalue weighted by Gasteiger charge is 1.86. The summed E-state index contributed by atoms with van der Waals surface area (Å²) in [5.74, 6) is 1.78.